The Hall–Kier alpha value is -0.860. The number of carbonyl (C=O) groups excluding carboxylic acids is 1. The fraction of sp³-hybridized carbons (Fsp3) is 0.778. The van der Waals surface area contributed by atoms with E-state index in [9.17, 15) is 4.79 Å². The van der Waals surface area contributed by atoms with Gasteiger partial charge in [0.05, 0.1) is 6.61 Å². The van der Waals surface area contributed by atoms with Crippen molar-refractivity contribution in [1.82, 2.24) is 0 Å². The largest absolute Gasteiger partial charge is 0.465 e. The van der Waals surface area contributed by atoms with Crippen molar-refractivity contribution in [3.05, 3.63) is 0 Å². The molecule has 0 aromatic carbocycles. The summed E-state index contributed by atoms with van der Waals surface area (Å²) in [6, 6.07) is 0. The summed E-state index contributed by atoms with van der Waals surface area (Å²) >= 11 is 0. The highest BCUT2D eigenvalue weighted by Crippen LogP contribution is 1.86. The number of nitrogens with zero attached hydrogens (tertiary/aromatic N) is 1. The zero-order valence-corrected chi connectivity index (χ0v) is 7.88. The lowest BCUT2D eigenvalue weighted by atomic mass is 10.4. The molecule has 0 saturated carbocycles. The summed E-state index contributed by atoms with van der Waals surface area (Å²) < 4.78 is 4.84. The van der Waals surface area contributed by atoms with E-state index in [2.05, 4.69) is 11.9 Å². The minimum atomic E-state index is -0.140. The third kappa shape index (κ3) is 7.25. The first kappa shape index (κ1) is 11.1. The zero-order valence-electron chi connectivity index (χ0n) is 7.88. The van der Waals surface area contributed by atoms with Gasteiger partial charge in [0.1, 0.15) is 0 Å². The minimum Gasteiger partial charge on any atom is -0.465 e. The SMILES string of the molecule is CCCN=CCCOC(=O)CC. The Bertz CT molecular complexity index is 143. The van der Waals surface area contributed by atoms with E-state index in [4.69, 9.17) is 4.74 Å². The molecule has 0 radical (unpaired) electrons. The van der Waals surface area contributed by atoms with Gasteiger partial charge >= 0.3 is 5.97 Å². The van der Waals surface area contributed by atoms with Crippen molar-refractivity contribution >= 4 is 12.2 Å². The number of aliphatic imine (C=N–C) groups is 1. The molecule has 0 amide bonds. The molecule has 0 N–H and O–H groups in total. The van der Waals surface area contributed by atoms with Crippen LogP contribution < -0.4 is 0 Å². The lowest BCUT2D eigenvalue weighted by molar-refractivity contribution is -0.142. The van der Waals surface area contributed by atoms with Crippen molar-refractivity contribution in [2.24, 2.45) is 4.99 Å². The molecule has 0 aromatic heterocycles. The fourth-order valence-electron chi connectivity index (χ4n) is 0.639. The van der Waals surface area contributed by atoms with Crippen LogP contribution in [-0.4, -0.2) is 25.3 Å². The molecule has 0 rings (SSSR count). The third-order valence-electron chi connectivity index (χ3n) is 1.28. The quantitative estimate of drug-likeness (QED) is 0.347. The molecule has 0 spiro atoms. The Labute approximate surface area is 73.8 Å². The molecule has 0 saturated heterocycles. The Morgan fingerprint density at radius 1 is 1.50 bits per heavy atom. The number of carbonyl (C=O) groups is 1. The predicted octanol–water partition coefficient (Wildman–Crippen LogP) is 1.81. The summed E-state index contributed by atoms with van der Waals surface area (Å²) in [6.45, 7) is 5.18. The van der Waals surface area contributed by atoms with Gasteiger partial charge in [-0.15, -0.1) is 0 Å². The maximum absolute atomic E-state index is 10.6. The minimum absolute atomic E-state index is 0.140. The van der Waals surface area contributed by atoms with Gasteiger partial charge in [0.2, 0.25) is 0 Å². The second kappa shape index (κ2) is 8.24. The van der Waals surface area contributed by atoms with E-state index in [-0.39, 0.29) is 5.97 Å². The van der Waals surface area contributed by atoms with Crippen LogP contribution in [0, 0.1) is 0 Å². The first-order valence-corrected chi connectivity index (χ1v) is 4.45. The predicted molar refractivity (Wildman–Crippen MR) is 49.5 cm³/mol. The summed E-state index contributed by atoms with van der Waals surface area (Å²) in [5.74, 6) is -0.140. The highest BCUT2D eigenvalue weighted by Gasteiger charge is 1.94. The van der Waals surface area contributed by atoms with Crippen LogP contribution in [0.3, 0.4) is 0 Å². The van der Waals surface area contributed by atoms with Gasteiger partial charge in [-0.1, -0.05) is 13.8 Å². The average Bonchev–Trinajstić information content (AvgIpc) is 2.10. The first-order valence-electron chi connectivity index (χ1n) is 4.45. The summed E-state index contributed by atoms with van der Waals surface area (Å²) in [6.07, 6.45) is 4.05. The van der Waals surface area contributed by atoms with Crippen LogP contribution in [0.5, 0.6) is 0 Å². The molecule has 0 aromatic rings. The normalized spacial score (nSPS) is 10.5. The zero-order chi connectivity index (χ0) is 9.23. The first-order chi connectivity index (χ1) is 5.81. The van der Waals surface area contributed by atoms with E-state index in [1.54, 1.807) is 6.92 Å². The molecular formula is C9H17NO2. The Kier molecular flexibility index (Phi) is 7.65. The molecule has 0 atom stereocenters. The topological polar surface area (TPSA) is 38.7 Å². The smallest absolute Gasteiger partial charge is 0.305 e. The number of rotatable bonds is 6. The summed E-state index contributed by atoms with van der Waals surface area (Å²) in [5, 5.41) is 0. The van der Waals surface area contributed by atoms with Crippen molar-refractivity contribution in [3.8, 4) is 0 Å². The van der Waals surface area contributed by atoms with Crippen LogP contribution in [0.2, 0.25) is 0 Å². The molecule has 3 heteroatoms. The Morgan fingerprint density at radius 2 is 2.25 bits per heavy atom. The van der Waals surface area contributed by atoms with Crippen LogP contribution >= 0.6 is 0 Å². The number of hydrogen-bond acceptors (Lipinski definition) is 3. The van der Waals surface area contributed by atoms with Crippen molar-refractivity contribution in [1.29, 1.82) is 0 Å². The highest BCUT2D eigenvalue weighted by atomic mass is 16.5. The molecule has 0 aliphatic carbocycles. The van der Waals surface area contributed by atoms with E-state index >= 15 is 0 Å². The van der Waals surface area contributed by atoms with Crippen LogP contribution in [-0.2, 0) is 9.53 Å². The van der Waals surface area contributed by atoms with Gasteiger partial charge in [-0.2, -0.15) is 0 Å². The van der Waals surface area contributed by atoms with Gasteiger partial charge in [0.15, 0.2) is 0 Å². The number of hydrogen-bond donors (Lipinski definition) is 0. The maximum atomic E-state index is 10.6. The maximum Gasteiger partial charge on any atom is 0.305 e. The van der Waals surface area contributed by atoms with Gasteiger partial charge < -0.3 is 4.74 Å². The Morgan fingerprint density at radius 3 is 2.83 bits per heavy atom. The van der Waals surface area contributed by atoms with Crippen LogP contribution in [0.4, 0.5) is 0 Å². The molecule has 0 heterocycles. The lowest BCUT2D eigenvalue weighted by Crippen LogP contribution is -2.03. The third-order valence-corrected chi connectivity index (χ3v) is 1.28. The Balaban J connectivity index is 3.15. The van der Waals surface area contributed by atoms with Gasteiger partial charge in [0, 0.05) is 25.6 Å². The molecule has 3 nitrogen and oxygen atoms in total. The van der Waals surface area contributed by atoms with Crippen molar-refractivity contribution in [3.63, 3.8) is 0 Å². The molecule has 0 aliphatic heterocycles. The van der Waals surface area contributed by atoms with Gasteiger partial charge in [-0.05, 0) is 6.42 Å². The molecule has 12 heavy (non-hydrogen) atoms. The van der Waals surface area contributed by atoms with E-state index in [1.807, 2.05) is 6.21 Å². The van der Waals surface area contributed by atoms with E-state index < -0.39 is 0 Å². The lowest BCUT2D eigenvalue weighted by Gasteiger charge is -1.98. The van der Waals surface area contributed by atoms with Gasteiger partial charge in [0.25, 0.3) is 0 Å². The molecule has 0 aliphatic rings. The van der Waals surface area contributed by atoms with Crippen LogP contribution in [0.25, 0.3) is 0 Å². The molecule has 0 unspecified atom stereocenters. The summed E-state index contributed by atoms with van der Waals surface area (Å²) in [5.41, 5.74) is 0. The fourth-order valence-corrected chi connectivity index (χ4v) is 0.639. The summed E-state index contributed by atoms with van der Waals surface area (Å²) in [4.78, 5) is 14.7. The van der Waals surface area contributed by atoms with Crippen molar-refractivity contribution in [2.75, 3.05) is 13.2 Å². The number of ether oxygens (including phenoxy) is 1. The highest BCUT2D eigenvalue weighted by molar-refractivity contribution is 5.69. The molecular weight excluding hydrogens is 154 g/mol. The van der Waals surface area contributed by atoms with E-state index in [0.29, 0.717) is 13.0 Å². The van der Waals surface area contributed by atoms with Gasteiger partial charge in [-0.3, -0.25) is 9.79 Å². The molecule has 0 fully saturated rings. The van der Waals surface area contributed by atoms with Crippen molar-refractivity contribution < 1.29 is 9.53 Å². The molecule has 0 bridgehead atoms. The van der Waals surface area contributed by atoms with E-state index in [0.717, 1.165) is 19.4 Å². The van der Waals surface area contributed by atoms with Crippen LogP contribution in [0.15, 0.2) is 4.99 Å². The standard InChI is InChI=1S/C9H17NO2/c1-3-6-10-7-5-8-12-9(11)4-2/h7H,3-6,8H2,1-2H3. The monoisotopic (exact) mass is 171 g/mol. The molecule has 70 valence electrons. The second-order valence-electron chi connectivity index (χ2n) is 2.45. The van der Waals surface area contributed by atoms with Gasteiger partial charge in [-0.25, -0.2) is 0 Å². The number of esters is 1. The average molecular weight is 171 g/mol. The van der Waals surface area contributed by atoms with Crippen molar-refractivity contribution in [2.45, 2.75) is 33.1 Å². The second-order valence-corrected chi connectivity index (χ2v) is 2.45. The summed E-state index contributed by atoms with van der Waals surface area (Å²) in [7, 11) is 0. The van der Waals surface area contributed by atoms with E-state index in [1.165, 1.54) is 0 Å². The van der Waals surface area contributed by atoms with Crippen LogP contribution in [0.1, 0.15) is 33.1 Å².